The molecule has 0 aliphatic heterocycles. The molecule has 1 aliphatic rings. The molecule has 0 heterocycles. The Hall–Kier alpha value is -1.41. The summed E-state index contributed by atoms with van der Waals surface area (Å²) in [6.07, 6.45) is -2.12. The predicted octanol–water partition coefficient (Wildman–Crippen LogP) is 2.94. The van der Waals surface area contributed by atoms with Crippen LogP contribution < -0.4 is 10.1 Å². The minimum atomic E-state index is -5.12. The molecule has 0 spiro atoms. The number of rotatable bonds is 6. The molecule has 1 fully saturated rings. The van der Waals surface area contributed by atoms with Crippen molar-refractivity contribution in [3.8, 4) is 5.75 Å². The van der Waals surface area contributed by atoms with Gasteiger partial charge in [0.1, 0.15) is 17.5 Å². The van der Waals surface area contributed by atoms with Gasteiger partial charge in [-0.25, -0.2) is 0 Å². The maximum absolute atomic E-state index is 13.0. The van der Waals surface area contributed by atoms with Gasteiger partial charge in [0.2, 0.25) is 0 Å². The summed E-state index contributed by atoms with van der Waals surface area (Å²) in [6, 6.07) is 1.10. The van der Waals surface area contributed by atoms with Crippen LogP contribution >= 0.6 is 22.6 Å². The van der Waals surface area contributed by atoms with E-state index in [9.17, 15) is 31.2 Å². The number of nitrogens with one attached hydrogen (secondary N) is 1. The standard InChI is InChI=1S/C16H17F3INO6S/c17-16(18,19)13(8-28(24,25)26)21-14(22)11-6-5-10(20)7-12(11)27-15(23)9-3-1-2-4-9/h5-7,9,13H,1-4,8H2,(H,21,22)(H,24,25,26). The minimum Gasteiger partial charge on any atom is -0.425 e. The van der Waals surface area contributed by atoms with Crippen molar-refractivity contribution >= 4 is 44.6 Å². The van der Waals surface area contributed by atoms with Crippen LogP contribution in [0.1, 0.15) is 36.0 Å². The second kappa shape index (κ2) is 8.95. The number of esters is 1. The summed E-state index contributed by atoms with van der Waals surface area (Å²) in [7, 11) is -5.00. The lowest BCUT2D eigenvalue weighted by atomic mass is 10.1. The van der Waals surface area contributed by atoms with Crippen LogP contribution in [0.5, 0.6) is 5.75 Å². The lowest BCUT2D eigenvalue weighted by molar-refractivity contribution is -0.148. The minimum absolute atomic E-state index is 0.214. The van der Waals surface area contributed by atoms with Gasteiger partial charge >= 0.3 is 12.1 Å². The van der Waals surface area contributed by atoms with Crippen LogP contribution in [0.15, 0.2) is 18.2 Å². The molecule has 1 saturated carbocycles. The molecular weight excluding hydrogens is 518 g/mol. The second-order valence-electron chi connectivity index (χ2n) is 6.36. The van der Waals surface area contributed by atoms with Crippen molar-refractivity contribution in [2.75, 3.05) is 5.75 Å². The lowest BCUT2D eigenvalue weighted by Gasteiger charge is -2.21. The highest BCUT2D eigenvalue weighted by atomic mass is 127. The number of carbonyl (C=O) groups is 2. The fourth-order valence-corrected chi connectivity index (χ4v) is 3.94. The van der Waals surface area contributed by atoms with Crippen LogP contribution in [0, 0.1) is 9.49 Å². The molecule has 1 amide bonds. The van der Waals surface area contributed by atoms with Gasteiger partial charge in [-0.05, 0) is 53.6 Å². The summed E-state index contributed by atoms with van der Waals surface area (Å²) in [5, 5.41) is 1.54. The van der Waals surface area contributed by atoms with E-state index in [2.05, 4.69) is 0 Å². The van der Waals surface area contributed by atoms with Crippen molar-refractivity contribution in [2.45, 2.75) is 37.9 Å². The first-order valence-electron chi connectivity index (χ1n) is 8.21. The number of benzene rings is 1. The molecule has 28 heavy (non-hydrogen) atoms. The Morgan fingerprint density at radius 3 is 2.43 bits per heavy atom. The fourth-order valence-electron chi connectivity index (χ4n) is 2.79. The fraction of sp³-hybridized carbons (Fsp3) is 0.500. The number of alkyl halides is 3. The molecule has 0 saturated heterocycles. The molecule has 1 aromatic rings. The van der Waals surface area contributed by atoms with E-state index < -0.39 is 40.0 Å². The summed E-state index contributed by atoms with van der Waals surface area (Å²) in [4.78, 5) is 24.6. The summed E-state index contributed by atoms with van der Waals surface area (Å²) >= 11 is 1.88. The molecule has 0 aromatic heterocycles. The number of amides is 1. The Labute approximate surface area is 172 Å². The Morgan fingerprint density at radius 1 is 1.29 bits per heavy atom. The highest BCUT2D eigenvalue weighted by molar-refractivity contribution is 14.1. The van der Waals surface area contributed by atoms with Gasteiger partial charge in [-0.3, -0.25) is 14.1 Å². The van der Waals surface area contributed by atoms with Crippen LogP contribution in [0.25, 0.3) is 0 Å². The molecular formula is C16H17F3INO6S. The number of carbonyl (C=O) groups excluding carboxylic acids is 2. The smallest absolute Gasteiger partial charge is 0.409 e. The van der Waals surface area contributed by atoms with Crippen molar-refractivity contribution in [1.82, 2.24) is 5.32 Å². The highest BCUT2D eigenvalue weighted by Crippen LogP contribution is 2.29. The van der Waals surface area contributed by atoms with E-state index in [1.54, 1.807) is 0 Å². The van der Waals surface area contributed by atoms with Crippen molar-refractivity contribution in [1.29, 1.82) is 0 Å². The average Bonchev–Trinajstić information content (AvgIpc) is 3.06. The van der Waals surface area contributed by atoms with E-state index in [0.717, 1.165) is 12.8 Å². The van der Waals surface area contributed by atoms with Crippen LogP contribution in [0.4, 0.5) is 13.2 Å². The molecule has 0 radical (unpaired) electrons. The number of hydrogen-bond donors (Lipinski definition) is 2. The molecule has 1 atom stereocenters. The maximum atomic E-state index is 13.0. The zero-order valence-corrected chi connectivity index (χ0v) is 17.3. The third kappa shape index (κ3) is 6.58. The van der Waals surface area contributed by atoms with Crippen molar-refractivity contribution in [3.05, 3.63) is 27.3 Å². The molecule has 1 aliphatic carbocycles. The lowest BCUT2D eigenvalue weighted by Crippen LogP contribution is -2.49. The molecule has 156 valence electrons. The normalized spacial score (nSPS) is 16.6. The summed E-state index contributed by atoms with van der Waals surface area (Å²) in [6.45, 7) is 0. The third-order valence-corrected chi connectivity index (χ3v) is 5.59. The highest BCUT2D eigenvalue weighted by Gasteiger charge is 2.43. The number of ether oxygens (including phenoxy) is 1. The Balaban J connectivity index is 2.25. The molecule has 2 rings (SSSR count). The first-order valence-corrected chi connectivity index (χ1v) is 10.9. The van der Waals surface area contributed by atoms with Gasteiger partial charge in [-0.2, -0.15) is 21.6 Å². The van der Waals surface area contributed by atoms with E-state index in [1.165, 1.54) is 23.5 Å². The van der Waals surface area contributed by atoms with Crippen LogP contribution in [0.3, 0.4) is 0 Å². The Morgan fingerprint density at radius 2 is 1.89 bits per heavy atom. The van der Waals surface area contributed by atoms with E-state index in [4.69, 9.17) is 9.29 Å². The molecule has 12 heteroatoms. The molecule has 0 bridgehead atoms. The predicted molar refractivity (Wildman–Crippen MR) is 100 cm³/mol. The average molecular weight is 535 g/mol. The van der Waals surface area contributed by atoms with Crippen molar-refractivity contribution < 1.29 is 40.5 Å². The summed E-state index contributed by atoms with van der Waals surface area (Å²) in [5.41, 5.74) is -0.351. The van der Waals surface area contributed by atoms with Crippen molar-refractivity contribution in [3.63, 3.8) is 0 Å². The monoisotopic (exact) mass is 535 g/mol. The molecule has 1 unspecified atom stereocenters. The van der Waals surface area contributed by atoms with Gasteiger partial charge in [-0.1, -0.05) is 12.8 Å². The van der Waals surface area contributed by atoms with Gasteiger partial charge in [0.15, 0.2) is 0 Å². The topological polar surface area (TPSA) is 110 Å². The first-order chi connectivity index (χ1) is 12.9. The zero-order chi connectivity index (χ0) is 21.1. The van der Waals surface area contributed by atoms with Gasteiger partial charge < -0.3 is 10.1 Å². The Bertz CT molecular complexity index is 852. The van der Waals surface area contributed by atoms with Gasteiger partial charge in [-0.15, -0.1) is 0 Å². The van der Waals surface area contributed by atoms with Crippen LogP contribution in [-0.4, -0.2) is 42.8 Å². The van der Waals surface area contributed by atoms with E-state index >= 15 is 0 Å². The zero-order valence-electron chi connectivity index (χ0n) is 14.3. The van der Waals surface area contributed by atoms with E-state index in [-0.39, 0.29) is 17.2 Å². The largest absolute Gasteiger partial charge is 0.425 e. The van der Waals surface area contributed by atoms with Crippen molar-refractivity contribution in [2.24, 2.45) is 5.92 Å². The molecule has 7 nitrogen and oxygen atoms in total. The first kappa shape index (κ1) is 22.9. The molecule has 2 N–H and O–H groups in total. The maximum Gasteiger partial charge on any atom is 0.409 e. The summed E-state index contributed by atoms with van der Waals surface area (Å²) < 4.78 is 75.3. The van der Waals surface area contributed by atoms with E-state index in [0.29, 0.717) is 16.4 Å². The second-order valence-corrected chi connectivity index (χ2v) is 9.10. The van der Waals surface area contributed by atoms with Crippen LogP contribution in [0.2, 0.25) is 0 Å². The third-order valence-electron chi connectivity index (χ3n) is 4.17. The number of hydrogen-bond acceptors (Lipinski definition) is 5. The quantitative estimate of drug-likeness (QED) is 0.251. The van der Waals surface area contributed by atoms with Gasteiger partial charge in [0.05, 0.1) is 11.5 Å². The Kier molecular flexibility index (Phi) is 7.31. The van der Waals surface area contributed by atoms with E-state index in [1.807, 2.05) is 22.6 Å². The van der Waals surface area contributed by atoms with Gasteiger partial charge in [0, 0.05) is 3.57 Å². The summed E-state index contributed by atoms with van der Waals surface area (Å²) in [5.74, 6) is -4.13. The molecule has 1 aromatic carbocycles. The number of halogens is 4. The van der Waals surface area contributed by atoms with Gasteiger partial charge in [0.25, 0.3) is 16.0 Å². The van der Waals surface area contributed by atoms with Crippen LogP contribution in [-0.2, 0) is 14.9 Å². The SMILES string of the molecule is O=C(NC(CS(=O)(=O)O)C(F)(F)F)c1ccc(I)cc1OC(=O)C1CCCC1.